The normalized spacial score (nSPS) is 20.0. The number of amides is 3. The average Bonchev–Trinajstić information content (AvgIpc) is 3.26. The van der Waals surface area contributed by atoms with Crippen molar-refractivity contribution >= 4 is 29.7 Å². The van der Waals surface area contributed by atoms with Crippen LogP contribution in [0.25, 0.3) is 0 Å². The summed E-state index contributed by atoms with van der Waals surface area (Å²) < 4.78 is 0. The molecule has 3 rings (SSSR count). The minimum absolute atomic E-state index is 0.00225. The monoisotopic (exact) mass is 373 g/mol. The van der Waals surface area contributed by atoms with Gasteiger partial charge in [-0.1, -0.05) is 0 Å². The molecule has 0 spiro atoms. The number of aliphatic hydroxyl groups is 1. The van der Waals surface area contributed by atoms with Crippen LogP contribution in [0.3, 0.4) is 0 Å². The average molecular weight is 373 g/mol. The number of carbonyl (C=O) groups excluding carboxylic acids is 4. The Morgan fingerprint density at radius 2 is 2.07 bits per heavy atom. The van der Waals surface area contributed by atoms with E-state index in [9.17, 15) is 24.3 Å². The fourth-order valence-corrected chi connectivity index (χ4v) is 3.84. The summed E-state index contributed by atoms with van der Waals surface area (Å²) >= 11 is 0. The SMILES string of the molecule is CNC(=O)C(CCC=O)N1C(=O)c2ccc(N3CCCC3CO)cc2C1=O. The van der Waals surface area contributed by atoms with Crippen LogP contribution in [0.15, 0.2) is 18.2 Å². The minimum Gasteiger partial charge on any atom is -0.394 e. The van der Waals surface area contributed by atoms with E-state index in [1.807, 2.05) is 4.90 Å². The summed E-state index contributed by atoms with van der Waals surface area (Å²) in [6.07, 6.45) is 2.64. The van der Waals surface area contributed by atoms with Gasteiger partial charge in [0.15, 0.2) is 0 Å². The van der Waals surface area contributed by atoms with Crippen LogP contribution in [0, 0.1) is 0 Å². The number of nitrogens with one attached hydrogen (secondary N) is 1. The summed E-state index contributed by atoms with van der Waals surface area (Å²) in [6, 6.07) is 4.00. The van der Waals surface area contributed by atoms with Crippen LogP contribution in [-0.2, 0) is 9.59 Å². The molecule has 1 fully saturated rings. The van der Waals surface area contributed by atoms with Gasteiger partial charge < -0.3 is 20.1 Å². The van der Waals surface area contributed by atoms with E-state index < -0.39 is 23.8 Å². The molecule has 1 saturated heterocycles. The lowest BCUT2D eigenvalue weighted by Gasteiger charge is -2.25. The van der Waals surface area contributed by atoms with E-state index >= 15 is 0 Å². The Labute approximate surface area is 157 Å². The van der Waals surface area contributed by atoms with Gasteiger partial charge in [0.25, 0.3) is 11.8 Å². The van der Waals surface area contributed by atoms with Gasteiger partial charge in [-0.15, -0.1) is 0 Å². The standard InChI is InChI=1S/C19H23N3O5/c1-20-17(25)16(5-3-9-23)22-18(26)14-7-6-12(10-15(14)19(22)27)21-8-2-4-13(21)11-24/h6-7,9-10,13,16,24H,2-5,8,11H2,1H3,(H,20,25). The van der Waals surface area contributed by atoms with Crippen molar-refractivity contribution < 1.29 is 24.3 Å². The summed E-state index contributed by atoms with van der Waals surface area (Å²) in [4.78, 5) is 51.6. The van der Waals surface area contributed by atoms with E-state index in [1.54, 1.807) is 18.2 Å². The fraction of sp³-hybridized carbons (Fsp3) is 0.474. The van der Waals surface area contributed by atoms with Crippen molar-refractivity contribution in [2.75, 3.05) is 25.1 Å². The lowest BCUT2D eigenvalue weighted by atomic mass is 10.1. The van der Waals surface area contributed by atoms with Gasteiger partial charge in [-0.3, -0.25) is 19.3 Å². The third kappa shape index (κ3) is 3.32. The second kappa shape index (κ2) is 7.87. The molecule has 2 unspecified atom stereocenters. The Kier molecular flexibility index (Phi) is 5.55. The molecule has 2 aliphatic heterocycles. The number of fused-ring (bicyclic) bond motifs is 1. The maximum atomic E-state index is 12.9. The maximum Gasteiger partial charge on any atom is 0.262 e. The number of benzene rings is 1. The molecular weight excluding hydrogens is 350 g/mol. The molecule has 1 aromatic carbocycles. The lowest BCUT2D eigenvalue weighted by Crippen LogP contribution is -2.48. The Balaban J connectivity index is 1.92. The maximum absolute atomic E-state index is 12.9. The molecular formula is C19H23N3O5. The van der Waals surface area contributed by atoms with E-state index in [0.29, 0.717) is 6.29 Å². The van der Waals surface area contributed by atoms with Gasteiger partial charge in [0.05, 0.1) is 23.8 Å². The highest BCUT2D eigenvalue weighted by molar-refractivity contribution is 6.23. The molecule has 2 atom stereocenters. The molecule has 0 aromatic heterocycles. The third-order valence-electron chi connectivity index (χ3n) is 5.24. The van der Waals surface area contributed by atoms with E-state index in [-0.39, 0.29) is 36.6 Å². The van der Waals surface area contributed by atoms with Gasteiger partial charge in [0.1, 0.15) is 12.3 Å². The van der Waals surface area contributed by atoms with Crippen molar-refractivity contribution in [2.45, 2.75) is 37.8 Å². The Hall–Kier alpha value is -2.74. The summed E-state index contributed by atoms with van der Waals surface area (Å²) in [6.45, 7) is 0.802. The first-order valence-electron chi connectivity index (χ1n) is 9.08. The number of anilines is 1. The summed E-state index contributed by atoms with van der Waals surface area (Å²) in [5, 5.41) is 12.0. The van der Waals surface area contributed by atoms with Crippen molar-refractivity contribution in [3.63, 3.8) is 0 Å². The number of nitrogens with zero attached hydrogens (tertiary/aromatic N) is 2. The molecule has 2 aliphatic rings. The molecule has 0 radical (unpaired) electrons. The van der Waals surface area contributed by atoms with E-state index in [4.69, 9.17) is 0 Å². The largest absolute Gasteiger partial charge is 0.394 e. The van der Waals surface area contributed by atoms with Crippen molar-refractivity contribution in [3.8, 4) is 0 Å². The van der Waals surface area contributed by atoms with Crippen LogP contribution in [0.2, 0.25) is 0 Å². The molecule has 27 heavy (non-hydrogen) atoms. The van der Waals surface area contributed by atoms with E-state index in [0.717, 1.165) is 30.0 Å². The molecule has 8 heteroatoms. The number of hydrogen-bond donors (Lipinski definition) is 2. The van der Waals surface area contributed by atoms with Gasteiger partial charge >= 0.3 is 0 Å². The zero-order valence-corrected chi connectivity index (χ0v) is 15.2. The number of hydrogen-bond acceptors (Lipinski definition) is 6. The number of aliphatic hydroxyl groups excluding tert-OH is 1. The zero-order valence-electron chi connectivity index (χ0n) is 15.2. The van der Waals surface area contributed by atoms with Gasteiger partial charge in [-0.2, -0.15) is 0 Å². The predicted molar refractivity (Wildman–Crippen MR) is 97.5 cm³/mol. The van der Waals surface area contributed by atoms with Crippen LogP contribution in [-0.4, -0.2) is 66.3 Å². The number of imide groups is 1. The first-order valence-corrected chi connectivity index (χ1v) is 9.08. The fourth-order valence-electron chi connectivity index (χ4n) is 3.84. The van der Waals surface area contributed by atoms with Gasteiger partial charge in [0.2, 0.25) is 5.91 Å². The Morgan fingerprint density at radius 3 is 2.74 bits per heavy atom. The quantitative estimate of drug-likeness (QED) is 0.527. The summed E-state index contributed by atoms with van der Waals surface area (Å²) in [5.41, 5.74) is 1.28. The molecule has 0 bridgehead atoms. The molecule has 3 amide bonds. The topological polar surface area (TPSA) is 107 Å². The lowest BCUT2D eigenvalue weighted by molar-refractivity contribution is -0.124. The summed E-state index contributed by atoms with van der Waals surface area (Å²) in [5.74, 6) is -1.54. The molecule has 0 saturated carbocycles. The van der Waals surface area contributed by atoms with Crippen molar-refractivity contribution in [2.24, 2.45) is 0 Å². The highest BCUT2D eigenvalue weighted by atomic mass is 16.3. The molecule has 2 N–H and O–H groups in total. The van der Waals surface area contributed by atoms with Crippen LogP contribution in [0.1, 0.15) is 46.4 Å². The van der Waals surface area contributed by atoms with Gasteiger partial charge in [0, 0.05) is 25.7 Å². The first-order chi connectivity index (χ1) is 13.0. The molecule has 1 aromatic rings. The van der Waals surface area contributed by atoms with Crippen molar-refractivity contribution in [1.82, 2.24) is 10.2 Å². The zero-order chi connectivity index (χ0) is 19.6. The first kappa shape index (κ1) is 19.0. The smallest absolute Gasteiger partial charge is 0.262 e. The predicted octanol–water partition coefficient (Wildman–Crippen LogP) is 0.337. The molecule has 144 valence electrons. The number of rotatable bonds is 7. The second-order valence-corrected chi connectivity index (χ2v) is 6.76. The number of likely N-dealkylation sites (N-methyl/N-ethyl adjacent to an activating group) is 1. The highest BCUT2D eigenvalue weighted by Crippen LogP contribution is 2.32. The third-order valence-corrected chi connectivity index (χ3v) is 5.24. The molecule has 0 aliphatic carbocycles. The second-order valence-electron chi connectivity index (χ2n) is 6.76. The van der Waals surface area contributed by atoms with E-state index in [1.165, 1.54) is 7.05 Å². The van der Waals surface area contributed by atoms with Crippen LogP contribution < -0.4 is 10.2 Å². The highest BCUT2D eigenvalue weighted by Gasteiger charge is 2.42. The van der Waals surface area contributed by atoms with Crippen molar-refractivity contribution in [1.29, 1.82) is 0 Å². The summed E-state index contributed by atoms with van der Waals surface area (Å²) in [7, 11) is 1.43. The van der Waals surface area contributed by atoms with Crippen LogP contribution in [0.5, 0.6) is 0 Å². The molecule has 8 nitrogen and oxygen atoms in total. The van der Waals surface area contributed by atoms with E-state index in [2.05, 4.69) is 5.32 Å². The van der Waals surface area contributed by atoms with Crippen LogP contribution in [0.4, 0.5) is 5.69 Å². The van der Waals surface area contributed by atoms with Crippen LogP contribution >= 0.6 is 0 Å². The van der Waals surface area contributed by atoms with Gasteiger partial charge in [-0.25, -0.2) is 0 Å². The van der Waals surface area contributed by atoms with Crippen molar-refractivity contribution in [3.05, 3.63) is 29.3 Å². The van der Waals surface area contributed by atoms with Gasteiger partial charge in [-0.05, 0) is 37.5 Å². The molecule has 2 heterocycles. The number of carbonyl (C=O) groups is 4. The minimum atomic E-state index is -1.02. The Bertz CT molecular complexity index is 779. The number of aldehydes is 1. The Morgan fingerprint density at radius 1 is 1.33 bits per heavy atom.